The van der Waals surface area contributed by atoms with Gasteiger partial charge in [-0.15, -0.1) is 0 Å². The summed E-state index contributed by atoms with van der Waals surface area (Å²) in [5.41, 5.74) is 3.92. The molecule has 0 saturated carbocycles. The Bertz CT molecular complexity index is 1100. The Kier molecular flexibility index (Phi) is 7.18. The van der Waals surface area contributed by atoms with Crippen molar-refractivity contribution < 1.29 is 9.18 Å². The third-order valence-corrected chi connectivity index (χ3v) is 6.40. The molecule has 2 aromatic carbocycles. The smallest absolute Gasteiger partial charge is 0.253 e. The molecule has 166 valence electrons. The Morgan fingerprint density at radius 1 is 1.06 bits per heavy atom. The number of hydrogen-bond acceptors (Lipinski definition) is 3. The molecule has 0 radical (unpaired) electrons. The van der Waals surface area contributed by atoms with Crippen LogP contribution in [0.25, 0.3) is 0 Å². The predicted octanol–water partition coefficient (Wildman–Crippen LogP) is 5.49. The van der Waals surface area contributed by atoms with E-state index in [2.05, 4.69) is 16.3 Å². The number of aromatic nitrogens is 1. The molecule has 0 unspecified atom stereocenters. The number of nitrogens with one attached hydrogen (secondary N) is 1. The standard InChI is InChI=1S/C26H27ClFN3O/c1-18-10-11-22(26(32)29-16-20-6-3-5-9-24(20)28)25(30-18)19-12-14-31(15-13-19)17-21-7-2-4-8-23(21)27/h2-11,19H,12-17H2,1H3,(H,29,32). The van der Waals surface area contributed by atoms with Crippen LogP contribution in [-0.4, -0.2) is 28.9 Å². The van der Waals surface area contributed by atoms with E-state index in [1.54, 1.807) is 18.2 Å². The van der Waals surface area contributed by atoms with Gasteiger partial charge in [0.1, 0.15) is 5.82 Å². The second-order valence-corrected chi connectivity index (χ2v) is 8.71. The fourth-order valence-corrected chi connectivity index (χ4v) is 4.42. The molecule has 1 saturated heterocycles. The molecule has 1 fully saturated rings. The quantitative estimate of drug-likeness (QED) is 0.538. The van der Waals surface area contributed by atoms with E-state index in [-0.39, 0.29) is 24.2 Å². The molecule has 4 rings (SSSR count). The number of halogens is 2. The predicted molar refractivity (Wildman–Crippen MR) is 125 cm³/mol. The molecular weight excluding hydrogens is 425 g/mol. The molecule has 1 aliphatic rings. The van der Waals surface area contributed by atoms with Crippen molar-refractivity contribution in [2.45, 2.75) is 38.8 Å². The van der Waals surface area contributed by atoms with E-state index in [0.717, 1.165) is 54.4 Å². The van der Waals surface area contributed by atoms with E-state index in [0.29, 0.717) is 11.1 Å². The molecule has 1 N–H and O–H groups in total. The van der Waals surface area contributed by atoms with Gasteiger partial charge in [0.15, 0.2) is 0 Å². The van der Waals surface area contributed by atoms with Crippen LogP contribution < -0.4 is 5.32 Å². The highest BCUT2D eigenvalue weighted by molar-refractivity contribution is 6.31. The number of likely N-dealkylation sites (tertiary alicyclic amines) is 1. The lowest BCUT2D eigenvalue weighted by Gasteiger charge is -2.32. The van der Waals surface area contributed by atoms with Gasteiger partial charge in [-0.3, -0.25) is 14.7 Å². The fraction of sp³-hybridized carbons (Fsp3) is 0.308. The Labute approximate surface area is 193 Å². The SMILES string of the molecule is Cc1ccc(C(=O)NCc2ccccc2F)c(C2CCN(Cc3ccccc3Cl)CC2)n1. The molecule has 0 aliphatic carbocycles. The van der Waals surface area contributed by atoms with Gasteiger partial charge < -0.3 is 5.32 Å². The molecule has 32 heavy (non-hydrogen) atoms. The van der Waals surface area contributed by atoms with E-state index in [9.17, 15) is 9.18 Å². The topological polar surface area (TPSA) is 45.2 Å². The zero-order valence-electron chi connectivity index (χ0n) is 18.2. The molecule has 2 heterocycles. The molecule has 1 aliphatic heterocycles. The summed E-state index contributed by atoms with van der Waals surface area (Å²) in [5.74, 6) is -0.318. The molecule has 1 aromatic heterocycles. The van der Waals surface area contributed by atoms with Crippen LogP contribution in [0.1, 0.15) is 51.6 Å². The van der Waals surface area contributed by atoms with E-state index in [1.165, 1.54) is 6.07 Å². The Hall–Kier alpha value is -2.76. The van der Waals surface area contributed by atoms with Gasteiger partial charge in [0.25, 0.3) is 5.91 Å². The van der Waals surface area contributed by atoms with Crippen molar-refractivity contribution in [3.63, 3.8) is 0 Å². The number of pyridine rings is 1. The minimum Gasteiger partial charge on any atom is -0.348 e. The third kappa shape index (κ3) is 5.34. The van der Waals surface area contributed by atoms with Gasteiger partial charge in [-0.1, -0.05) is 48.0 Å². The van der Waals surface area contributed by atoms with E-state index in [4.69, 9.17) is 16.6 Å². The Balaban J connectivity index is 1.43. The van der Waals surface area contributed by atoms with Crippen molar-refractivity contribution in [2.24, 2.45) is 0 Å². The number of benzene rings is 2. The van der Waals surface area contributed by atoms with Gasteiger partial charge in [0.2, 0.25) is 0 Å². The summed E-state index contributed by atoms with van der Waals surface area (Å²) in [4.78, 5) is 20.1. The summed E-state index contributed by atoms with van der Waals surface area (Å²) < 4.78 is 13.9. The molecule has 3 aromatic rings. The van der Waals surface area contributed by atoms with Crippen LogP contribution in [0, 0.1) is 12.7 Å². The Morgan fingerprint density at radius 2 is 1.75 bits per heavy atom. The fourth-order valence-electron chi connectivity index (χ4n) is 4.22. The first-order valence-corrected chi connectivity index (χ1v) is 11.3. The maximum Gasteiger partial charge on any atom is 0.253 e. The van der Waals surface area contributed by atoms with Gasteiger partial charge in [0.05, 0.1) is 11.3 Å². The number of carbonyl (C=O) groups is 1. The average molecular weight is 452 g/mol. The van der Waals surface area contributed by atoms with Crippen LogP contribution in [0.2, 0.25) is 5.02 Å². The van der Waals surface area contributed by atoms with Crippen molar-refractivity contribution in [2.75, 3.05) is 13.1 Å². The lowest BCUT2D eigenvalue weighted by molar-refractivity contribution is 0.0947. The summed E-state index contributed by atoms with van der Waals surface area (Å²) in [6, 6.07) is 18.1. The molecule has 4 nitrogen and oxygen atoms in total. The van der Waals surface area contributed by atoms with Crippen LogP contribution in [0.4, 0.5) is 4.39 Å². The number of nitrogens with zero attached hydrogens (tertiary/aromatic N) is 2. The number of carbonyl (C=O) groups excluding carboxylic acids is 1. The zero-order chi connectivity index (χ0) is 22.5. The molecular formula is C26H27ClFN3O. The van der Waals surface area contributed by atoms with Crippen LogP contribution in [0.15, 0.2) is 60.7 Å². The van der Waals surface area contributed by atoms with Gasteiger partial charge in [-0.05, 0) is 62.7 Å². The second kappa shape index (κ2) is 10.2. The maximum absolute atomic E-state index is 13.9. The highest BCUT2D eigenvalue weighted by Gasteiger charge is 2.26. The first kappa shape index (κ1) is 22.4. The van der Waals surface area contributed by atoms with Crippen molar-refractivity contribution in [3.05, 3.63) is 99.6 Å². The molecule has 0 atom stereocenters. The molecule has 1 amide bonds. The molecule has 0 bridgehead atoms. The van der Waals surface area contributed by atoms with Crippen molar-refractivity contribution in [1.82, 2.24) is 15.2 Å². The first-order valence-electron chi connectivity index (χ1n) is 11.0. The number of piperidine rings is 1. The van der Waals surface area contributed by atoms with Gasteiger partial charge in [-0.2, -0.15) is 0 Å². The molecule has 6 heteroatoms. The average Bonchev–Trinajstić information content (AvgIpc) is 2.80. The normalized spacial score (nSPS) is 15.0. The van der Waals surface area contributed by atoms with E-state index < -0.39 is 0 Å². The highest BCUT2D eigenvalue weighted by atomic mass is 35.5. The summed E-state index contributed by atoms with van der Waals surface area (Å²) in [5, 5.41) is 3.65. The third-order valence-electron chi connectivity index (χ3n) is 6.03. The lowest BCUT2D eigenvalue weighted by Crippen LogP contribution is -2.34. The summed E-state index contributed by atoms with van der Waals surface area (Å²) in [7, 11) is 0. The van der Waals surface area contributed by atoms with Crippen molar-refractivity contribution in [1.29, 1.82) is 0 Å². The first-order chi connectivity index (χ1) is 15.5. The zero-order valence-corrected chi connectivity index (χ0v) is 18.9. The van der Waals surface area contributed by atoms with Crippen LogP contribution in [0.3, 0.4) is 0 Å². The largest absolute Gasteiger partial charge is 0.348 e. The second-order valence-electron chi connectivity index (χ2n) is 8.30. The Morgan fingerprint density at radius 3 is 2.47 bits per heavy atom. The minimum atomic E-state index is -0.319. The summed E-state index contributed by atoms with van der Waals surface area (Å²) in [6.45, 7) is 4.75. The van der Waals surface area contributed by atoms with Crippen LogP contribution in [0.5, 0.6) is 0 Å². The van der Waals surface area contributed by atoms with E-state index >= 15 is 0 Å². The highest BCUT2D eigenvalue weighted by Crippen LogP contribution is 2.30. The molecule has 0 spiro atoms. The van der Waals surface area contributed by atoms with Crippen LogP contribution in [-0.2, 0) is 13.1 Å². The summed E-state index contributed by atoms with van der Waals surface area (Å²) >= 11 is 6.32. The monoisotopic (exact) mass is 451 g/mol. The van der Waals surface area contributed by atoms with Gasteiger partial charge in [-0.25, -0.2) is 4.39 Å². The van der Waals surface area contributed by atoms with Crippen LogP contribution >= 0.6 is 11.6 Å². The number of hydrogen-bond donors (Lipinski definition) is 1. The number of rotatable bonds is 6. The number of aryl methyl sites for hydroxylation is 1. The van der Waals surface area contributed by atoms with Crippen molar-refractivity contribution in [3.8, 4) is 0 Å². The maximum atomic E-state index is 13.9. The van der Waals surface area contributed by atoms with Gasteiger partial charge in [0, 0.05) is 35.3 Å². The van der Waals surface area contributed by atoms with Crippen molar-refractivity contribution >= 4 is 17.5 Å². The van der Waals surface area contributed by atoms with E-state index in [1.807, 2.05) is 37.3 Å². The number of amides is 1. The van der Waals surface area contributed by atoms with Gasteiger partial charge >= 0.3 is 0 Å². The lowest BCUT2D eigenvalue weighted by atomic mass is 9.89. The summed E-state index contributed by atoms with van der Waals surface area (Å²) in [6.07, 6.45) is 1.85. The minimum absolute atomic E-state index is 0.148.